The number of rotatable bonds is 6. The van der Waals surface area contributed by atoms with Gasteiger partial charge in [0.25, 0.3) is 0 Å². The van der Waals surface area contributed by atoms with Crippen molar-refractivity contribution in [1.82, 2.24) is 0 Å². The van der Waals surface area contributed by atoms with Crippen LogP contribution < -0.4 is 0 Å². The van der Waals surface area contributed by atoms with E-state index in [1.807, 2.05) is 13.8 Å². The standard InChI is InChI=1S/C12H25IO4Si/c1-11(2,3)18(6,7)17-9(10(14)15)12(4,5)8-16-13/h9H,8H2,1-7H3,(H,14,15)/t9-/m0/s1. The minimum absolute atomic E-state index is 0.0119. The maximum Gasteiger partial charge on any atom is 0.332 e. The van der Waals surface area contributed by atoms with Crippen LogP contribution in [0.15, 0.2) is 0 Å². The average molecular weight is 388 g/mol. The van der Waals surface area contributed by atoms with Crippen molar-refractivity contribution in [2.24, 2.45) is 5.41 Å². The van der Waals surface area contributed by atoms with Gasteiger partial charge in [0.1, 0.15) is 23.0 Å². The number of halogens is 1. The minimum Gasteiger partial charge on any atom is -0.479 e. The molecule has 0 unspecified atom stereocenters. The lowest BCUT2D eigenvalue weighted by molar-refractivity contribution is -0.152. The van der Waals surface area contributed by atoms with Gasteiger partial charge in [0.05, 0.1) is 6.61 Å². The minimum atomic E-state index is -2.11. The third kappa shape index (κ3) is 4.79. The predicted molar refractivity (Wildman–Crippen MR) is 83.5 cm³/mol. The second kappa shape index (κ2) is 6.19. The molecule has 0 spiro atoms. The molecule has 108 valence electrons. The second-order valence-corrected chi connectivity index (χ2v) is 12.2. The number of hydrogen-bond donors (Lipinski definition) is 1. The van der Waals surface area contributed by atoms with Gasteiger partial charge in [-0.15, -0.1) is 0 Å². The molecule has 0 aromatic carbocycles. The summed E-state index contributed by atoms with van der Waals surface area (Å²) >= 11 is 1.79. The molecule has 0 amide bonds. The number of carbonyl (C=O) groups is 1. The lowest BCUT2D eigenvalue weighted by Crippen LogP contribution is -2.51. The molecule has 0 saturated carbocycles. The van der Waals surface area contributed by atoms with Gasteiger partial charge in [0, 0.05) is 5.41 Å². The molecule has 4 nitrogen and oxygen atoms in total. The molecular formula is C12H25IO4Si. The van der Waals surface area contributed by atoms with E-state index in [1.54, 1.807) is 23.0 Å². The van der Waals surface area contributed by atoms with Crippen LogP contribution in [0.4, 0.5) is 0 Å². The van der Waals surface area contributed by atoms with Gasteiger partial charge in [0.2, 0.25) is 0 Å². The van der Waals surface area contributed by atoms with Crippen molar-refractivity contribution in [1.29, 1.82) is 0 Å². The Bertz CT molecular complexity index is 297. The molecule has 1 N–H and O–H groups in total. The molecule has 0 rings (SSSR count). The van der Waals surface area contributed by atoms with E-state index in [1.165, 1.54) is 0 Å². The molecular weight excluding hydrogens is 363 g/mol. The maximum atomic E-state index is 11.5. The molecule has 0 radical (unpaired) electrons. The van der Waals surface area contributed by atoms with Crippen LogP contribution in [-0.4, -0.2) is 32.1 Å². The third-order valence-electron chi connectivity index (χ3n) is 3.58. The second-order valence-electron chi connectivity index (χ2n) is 6.84. The summed E-state index contributed by atoms with van der Waals surface area (Å²) < 4.78 is 11.1. The van der Waals surface area contributed by atoms with Crippen LogP contribution in [0.3, 0.4) is 0 Å². The summed E-state index contributed by atoms with van der Waals surface area (Å²) in [5.74, 6) is -0.918. The van der Waals surface area contributed by atoms with E-state index < -0.39 is 25.8 Å². The highest BCUT2D eigenvalue weighted by Gasteiger charge is 2.45. The molecule has 0 aromatic rings. The average Bonchev–Trinajstić information content (AvgIpc) is 2.11. The van der Waals surface area contributed by atoms with Crippen molar-refractivity contribution in [2.75, 3.05) is 6.61 Å². The van der Waals surface area contributed by atoms with Crippen molar-refractivity contribution >= 4 is 37.3 Å². The Balaban J connectivity index is 5.13. The number of aliphatic carboxylic acids is 1. The summed E-state index contributed by atoms with van der Waals surface area (Å²) in [6.07, 6.45) is -0.840. The molecule has 6 heteroatoms. The molecule has 0 heterocycles. The maximum absolute atomic E-state index is 11.5. The van der Waals surface area contributed by atoms with Gasteiger partial charge in [-0.1, -0.05) is 34.6 Å². The van der Waals surface area contributed by atoms with E-state index in [4.69, 9.17) is 7.49 Å². The lowest BCUT2D eigenvalue weighted by Gasteiger charge is -2.42. The molecule has 1 atom stereocenters. The molecule has 18 heavy (non-hydrogen) atoms. The summed E-state index contributed by atoms with van der Waals surface area (Å²) in [7, 11) is -2.11. The first-order valence-corrected chi connectivity index (χ1v) is 9.78. The van der Waals surface area contributed by atoms with Crippen molar-refractivity contribution in [2.45, 2.75) is 58.9 Å². The molecule has 0 aromatic heterocycles. The molecule has 0 fully saturated rings. The fourth-order valence-electron chi connectivity index (χ4n) is 1.23. The SMILES string of the molecule is CC(C)(COI)[C@@H](O[Si](C)(C)C(C)(C)C)C(=O)O. The van der Waals surface area contributed by atoms with Crippen molar-refractivity contribution in [3.05, 3.63) is 0 Å². The highest BCUT2D eigenvalue weighted by Crippen LogP contribution is 2.39. The molecule has 0 aliphatic rings. The summed E-state index contributed by atoms with van der Waals surface area (Å²) in [6, 6.07) is 0. The van der Waals surface area contributed by atoms with Crippen molar-refractivity contribution in [3.63, 3.8) is 0 Å². The fourth-order valence-corrected chi connectivity index (χ4v) is 3.40. The Morgan fingerprint density at radius 1 is 1.28 bits per heavy atom. The first-order chi connectivity index (χ1) is 7.85. The van der Waals surface area contributed by atoms with Crippen LogP contribution in [0, 0.1) is 5.41 Å². The van der Waals surface area contributed by atoms with Crippen LogP contribution in [0.5, 0.6) is 0 Å². The first-order valence-electron chi connectivity index (χ1n) is 5.99. The van der Waals surface area contributed by atoms with E-state index in [9.17, 15) is 9.90 Å². The van der Waals surface area contributed by atoms with Crippen LogP contribution in [-0.2, 0) is 12.3 Å². The quantitative estimate of drug-likeness (QED) is 0.555. The zero-order valence-electron chi connectivity index (χ0n) is 12.3. The Morgan fingerprint density at radius 2 is 1.72 bits per heavy atom. The Hall–Kier alpha value is 0.337. The van der Waals surface area contributed by atoms with Gasteiger partial charge in [-0.3, -0.25) is 0 Å². The molecule has 0 saturated heterocycles. The summed E-state index contributed by atoms with van der Waals surface area (Å²) in [4.78, 5) is 11.5. The van der Waals surface area contributed by atoms with Crippen molar-refractivity contribution in [3.8, 4) is 0 Å². The smallest absolute Gasteiger partial charge is 0.332 e. The van der Waals surface area contributed by atoms with Gasteiger partial charge in [-0.25, -0.2) is 4.79 Å². The topological polar surface area (TPSA) is 55.8 Å². The van der Waals surface area contributed by atoms with Crippen LogP contribution in [0.1, 0.15) is 34.6 Å². The lowest BCUT2D eigenvalue weighted by atomic mass is 9.88. The van der Waals surface area contributed by atoms with Crippen LogP contribution in [0.2, 0.25) is 18.1 Å². The predicted octanol–water partition coefficient (Wildman–Crippen LogP) is 3.85. The zero-order valence-corrected chi connectivity index (χ0v) is 15.5. The Kier molecular flexibility index (Phi) is 6.31. The highest BCUT2D eigenvalue weighted by atomic mass is 127. The molecule has 0 bridgehead atoms. The molecule has 0 aliphatic heterocycles. The monoisotopic (exact) mass is 388 g/mol. The third-order valence-corrected chi connectivity index (χ3v) is 8.33. The van der Waals surface area contributed by atoms with E-state index in [-0.39, 0.29) is 5.04 Å². The largest absolute Gasteiger partial charge is 0.479 e. The fraction of sp³-hybridized carbons (Fsp3) is 0.917. The van der Waals surface area contributed by atoms with E-state index in [0.717, 1.165) is 0 Å². The summed E-state index contributed by atoms with van der Waals surface area (Å²) in [5, 5.41) is 9.39. The number of hydrogen-bond acceptors (Lipinski definition) is 3. The summed E-state index contributed by atoms with van der Waals surface area (Å²) in [6.45, 7) is 14.5. The van der Waals surface area contributed by atoms with Gasteiger partial charge in [0.15, 0.2) is 14.4 Å². The normalized spacial score (nSPS) is 15.6. The van der Waals surface area contributed by atoms with Crippen LogP contribution in [0.25, 0.3) is 0 Å². The Morgan fingerprint density at radius 3 is 2.00 bits per heavy atom. The first kappa shape index (κ1) is 18.3. The van der Waals surface area contributed by atoms with Crippen LogP contribution >= 0.6 is 23.0 Å². The van der Waals surface area contributed by atoms with Gasteiger partial charge in [-0.2, -0.15) is 0 Å². The van der Waals surface area contributed by atoms with Gasteiger partial charge < -0.3 is 12.6 Å². The van der Waals surface area contributed by atoms with E-state index in [0.29, 0.717) is 6.61 Å². The highest BCUT2D eigenvalue weighted by molar-refractivity contribution is 14.1. The summed E-state index contributed by atoms with van der Waals surface area (Å²) in [5.41, 5.74) is -0.553. The van der Waals surface area contributed by atoms with Crippen molar-refractivity contribution < 1.29 is 17.4 Å². The number of carboxylic acids is 1. The number of carboxylic acid groups (broad SMARTS) is 1. The zero-order chi connectivity index (χ0) is 14.8. The Labute approximate surface area is 125 Å². The van der Waals surface area contributed by atoms with Gasteiger partial charge >= 0.3 is 5.97 Å². The van der Waals surface area contributed by atoms with E-state index in [2.05, 4.69) is 33.9 Å². The molecule has 0 aliphatic carbocycles. The van der Waals surface area contributed by atoms with Gasteiger partial charge in [-0.05, 0) is 18.1 Å². The van der Waals surface area contributed by atoms with E-state index >= 15 is 0 Å².